The highest BCUT2D eigenvalue weighted by Crippen LogP contribution is 2.06. The van der Waals surface area contributed by atoms with Gasteiger partial charge in [0.05, 0.1) is 13.2 Å². The van der Waals surface area contributed by atoms with Crippen LogP contribution in [0.1, 0.15) is 6.92 Å². The second kappa shape index (κ2) is 3.69. The lowest BCUT2D eigenvalue weighted by Crippen LogP contribution is -2.42. The van der Waals surface area contributed by atoms with Crippen molar-refractivity contribution in [1.29, 1.82) is 0 Å². The molecule has 11 heavy (non-hydrogen) atoms. The molecule has 1 aliphatic rings. The molecule has 4 heteroatoms. The van der Waals surface area contributed by atoms with E-state index in [1.807, 2.05) is 0 Å². The van der Waals surface area contributed by atoms with Crippen LogP contribution in [0.25, 0.3) is 0 Å². The van der Waals surface area contributed by atoms with Crippen LogP contribution in [-0.2, 0) is 14.3 Å². The summed E-state index contributed by atoms with van der Waals surface area (Å²) in [7, 11) is 1.73. The summed E-state index contributed by atoms with van der Waals surface area (Å²) in [5.74, 6) is -0.208. The predicted octanol–water partition coefficient (Wildman–Crippen LogP) is -0.464. The highest BCUT2D eigenvalue weighted by Gasteiger charge is 2.24. The van der Waals surface area contributed by atoms with Gasteiger partial charge in [-0.3, -0.25) is 4.79 Å². The monoisotopic (exact) mass is 159 g/mol. The Morgan fingerprint density at radius 1 is 1.73 bits per heavy atom. The number of rotatable bonds is 3. The third-order valence-electron chi connectivity index (χ3n) is 1.68. The van der Waals surface area contributed by atoms with E-state index < -0.39 is 0 Å². The topological polar surface area (TPSA) is 47.6 Å². The van der Waals surface area contributed by atoms with Crippen molar-refractivity contribution >= 4 is 5.97 Å². The maximum Gasteiger partial charge on any atom is 0.323 e. The van der Waals surface area contributed by atoms with Crippen molar-refractivity contribution in [2.24, 2.45) is 0 Å². The Morgan fingerprint density at radius 2 is 2.36 bits per heavy atom. The van der Waals surface area contributed by atoms with Crippen LogP contribution in [-0.4, -0.2) is 38.4 Å². The Morgan fingerprint density at radius 3 is 2.73 bits per heavy atom. The highest BCUT2D eigenvalue weighted by molar-refractivity contribution is 5.75. The van der Waals surface area contributed by atoms with E-state index in [2.05, 4.69) is 5.32 Å². The summed E-state index contributed by atoms with van der Waals surface area (Å²) in [5, 5.41) is 2.80. The average Bonchev–Trinajstić information content (AvgIpc) is 1.94. The molecule has 0 bridgehead atoms. The maximum atomic E-state index is 11.0. The number of carbonyl (C=O) groups is 1. The summed E-state index contributed by atoms with van der Waals surface area (Å²) < 4.78 is 9.86. The zero-order valence-corrected chi connectivity index (χ0v) is 6.79. The van der Waals surface area contributed by atoms with Gasteiger partial charge in [0.1, 0.15) is 12.1 Å². The quantitative estimate of drug-likeness (QED) is 0.566. The molecule has 1 rings (SSSR count). The summed E-state index contributed by atoms with van der Waals surface area (Å²) >= 11 is 0. The summed E-state index contributed by atoms with van der Waals surface area (Å²) in [5.41, 5.74) is 0. The number of ether oxygens (including phenoxy) is 2. The van der Waals surface area contributed by atoms with E-state index in [4.69, 9.17) is 9.47 Å². The summed E-state index contributed by atoms with van der Waals surface area (Å²) in [6.07, 6.45) is -0.0155. The lowest BCUT2D eigenvalue weighted by Gasteiger charge is -2.26. The molecular weight excluding hydrogens is 146 g/mol. The third-order valence-corrected chi connectivity index (χ3v) is 1.68. The molecule has 1 atom stereocenters. The van der Waals surface area contributed by atoms with Gasteiger partial charge in [0.2, 0.25) is 0 Å². The molecule has 0 aromatic rings. The Bertz CT molecular complexity index is 145. The van der Waals surface area contributed by atoms with Crippen molar-refractivity contribution in [2.75, 3.05) is 20.3 Å². The van der Waals surface area contributed by atoms with Crippen molar-refractivity contribution < 1.29 is 14.3 Å². The Hall–Kier alpha value is -0.610. The number of hydrogen-bond donors (Lipinski definition) is 1. The lowest BCUT2D eigenvalue weighted by atomic mass is 10.3. The van der Waals surface area contributed by atoms with Gasteiger partial charge in [-0.05, 0) is 14.0 Å². The van der Waals surface area contributed by atoms with E-state index in [1.165, 1.54) is 0 Å². The van der Waals surface area contributed by atoms with Crippen LogP contribution in [0.2, 0.25) is 0 Å². The van der Waals surface area contributed by atoms with E-state index in [0.29, 0.717) is 13.2 Å². The van der Waals surface area contributed by atoms with Crippen molar-refractivity contribution in [1.82, 2.24) is 5.32 Å². The van der Waals surface area contributed by atoms with Crippen molar-refractivity contribution in [3.8, 4) is 0 Å². The van der Waals surface area contributed by atoms with Gasteiger partial charge in [-0.15, -0.1) is 0 Å². The minimum atomic E-state index is -0.226. The molecule has 0 amide bonds. The molecule has 1 N–H and O–H groups in total. The molecule has 1 saturated heterocycles. The zero-order chi connectivity index (χ0) is 8.27. The fourth-order valence-electron chi connectivity index (χ4n) is 0.666. The number of likely N-dealkylation sites (N-methyl/N-ethyl adjacent to an activating group) is 1. The zero-order valence-electron chi connectivity index (χ0n) is 6.79. The Balaban J connectivity index is 2.19. The van der Waals surface area contributed by atoms with Gasteiger partial charge in [0.25, 0.3) is 0 Å². The first-order chi connectivity index (χ1) is 5.24. The standard InChI is InChI=1S/C7H13NO3/c1-5(8-2)7(9)11-6-3-10-4-6/h5-6,8H,3-4H2,1-2H3. The minimum Gasteiger partial charge on any atom is -0.456 e. The van der Waals surface area contributed by atoms with Gasteiger partial charge in [0.15, 0.2) is 0 Å². The molecule has 0 aliphatic carbocycles. The third kappa shape index (κ3) is 2.17. The first kappa shape index (κ1) is 8.49. The summed E-state index contributed by atoms with van der Waals surface area (Å²) in [6, 6.07) is -0.226. The van der Waals surface area contributed by atoms with Crippen LogP contribution < -0.4 is 5.32 Å². The Labute approximate surface area is 65.9 Å². The van der Waals surface area contributed by atoms with Crippen LogP contribution in [0.3, 0.4) is 0 Å². The molecule has 0 aromatic heterocycles. The SMILES string of the molecule is CNC(C)C(=O)OC1COC1. The van der Waals surface area contributed by atoms with Crippen molar-refractivity contribution in [3.63, 3.8) is 0 Å². The number of nitrogens with one attached hydrogen (secondary N) is 1. The fourth-order valence-corrected chi connectivity index (χ4v) is 0.666. The predicted molar refractivity (Wildman–Crippen MR) is 39.2 cm³/mol. The molecule has 0 saturated carbocycles. The molecule has 64 valence electrons. The van der Waals surface area contributed by atoms with Gasteiger partial charge in [-0.2, -0.15) is 0 Å². The van der Waals surface area contributed by atoms with Crippen molar-refractivity contribution in [2.45, 2.75) is 19.1 Å². The van der Waals surface area contributed by atoms with Crippen LogP contribution in [0, 0.1) is 0 Å². The van der Waals surface area contributed by atoms with Crippen LogP contribution >= 0.6 is 0 Å². The van der Waals surface area contributed by atoms with Gasteiger partial charge < -0.3 is 14.8 Å². The number of esters is 1. The van der Waals surface area contributed by atoms with Gasteiger partial charge in [0, 0.05) is 0 Å². The van der Waals surface area contributed by atoms with Crippen molar-refractivity contribution in [3.05, 3.63) is 0 Å². The lowest BCUT2D eigenvalue weighted by molar-refractivity contribution is -0.173. The van der Waals surface area contributed by atoms with Crippen LogP contribution in [0.15, 0.2) is 0 Å². The van der Waals surface area contributed by atoms with E-state index in [1.54, 1.807) is 14.0 Å². The average molecular weight is 159 g/mol. The highest BCUT2D eigenvalue weighted by atomic mass is 16.6. The molecular formula is C7H13NO3. The van der Waals surface area contributed by atoms with E-state index >= 15 is 0 Å². The Kier molecular flexibility index (Phi) is 2.84. The second-order valence-corrected chi connectivity index (χ2v) is 2.61. The van der Waals surface area contributed by atoms with E-state index in [-0.39, 0.29) is 18.1 Å². The molecule has 4 nitrogen and oxygen atoms in total. The molecule has 1 aliphatic heterocycles. The van der Waals surface area contributed by atoms with E-state index in [9.17, 15) is 4.79 Å². The first-order valence-corrected chi connectivity index (χ1v) is 3.69. The van der Waals surface area contributed by atoms with Gasteiger partial charge >= 0.3 is 5.97 Å². The fraction of sp³-hybridized carbons (Fsp3) is 0.857. The number of hydrogen-bond acceptors (Lipinski definition) is 4. The second-order valence-electron chi connectivity index (χ2n) is 2.61. The molecule has 0 aromatic carbocycles. The molecule has 1 unspecified atom stereocenters. The number of carbonyl (C=O) groups excluding carboxylic acids is 1. The largest absolute Gasteiger partial charge is 0.456 e. The first-order valence-electron chi connectivity index (χ1n) is 3.69. The minimum absolute atomic E-state index is 0.0155. The van der Waals surface area contributed by atoms with Gasteiger partial charge in [-0.1, -0.05) is 0 Å². The molecule has 0 spiro atoms. The summed E-state index contributed by atoms with van der Waals surface area (Å²) in [6.45, 7) is 2.85. The van der Waals surface area contributed by atoms with Gasteiger partial charge in [-0.25, -0.2) is 0 Å². The summed E-state index contributed by atoms with van der Waals surface area (Å²) in [4.78, 5) is 11.0. The molecule has 1 fully saturated rings. The molecule has 1 heterocycles. The van der Waals surface area contributed by atoms with Crippen LogP contribution in [0.4, 0.5) is 0 Å². The molecule has 0 radical (unpaired) electrons. The maximum absolute atomic E-state index is 11.0. The van der Waals surface area contributed by atoms with Crippen LogP contribution in [0.5, 0.6) is 0 Å². The van der Waals surface area contributed by atoms with E-state index in [0.717, 1.165) is 0 Å². The normalized spacial score (nSPS) is 20.5. The smallest absolute Gasteiger partial charge is 0.323 e.